The highest BCUT2D eigenvalue weighted by Crippen LogP contribution is 2.14. The number of carbonyl (C=O) groups excluding carboxylic acids is 2. The van der Waals surface area contributed by atoms with Gasteiger partial charge in [0.05, 0.1) is 5.48 Å². The van der Waals surface area contributed by atoms with Gasteiger partial charge in [-0.1, -0.05) is 17.7 Å². The van der Waals surface area contributed by atoms with Gasteiger partial charge >= 0.3 is 6.03 Å². The molecule has 0 aliphatic carbocycles. The molecule has 0 saturated heterocycles. The van der Waals surface area contributed by atoms with Crippen LogP contribution in [0.4, 0.5) is 19.3 Å². The summed E-state index contributed by atoms with van der Waals surface area (Å²) in [5.41, 5.74) is -1.52. The standard InChI is InChI=1S/C14H9ClF2N2O2/c15-8-4-6-9(7-5-8)18-14(21)19-13(20)12-10(16)2-1-3-11(12)17/h1-7H,(H2,18,19,20,21)/i4D,5D,6D,7D. The van der Waals surface area contributed by atoms with E-state index in [1.54, 1.807) is 5.32 Å². The molecule has 0 radical (unpaired) electrons. The summed E-state index contributed by atoms with van der Waals surface area (Å²) in [7, 11) is 0. The lowest BCUT2D eigenvalue weighted by Crippen LogP contribution is -2.35. The van der Waals surface area contributed by atoms with Gasteiger partial charge < -0.3 is 5.32 Å². The maximum atomic E-state index is 13.5. The lowest BCUT2D eigenvalue weighted by Gasteiger charge is -2.08. The van der Waals surface area contributed by atoms with Crippen LogP contribution in [0.15, 0.2) is 42.4 Å². The van der Waals surface area contributed by atoms with Crippen molar-refractivity contribution >= 4 is 29.2 Å². The average molecular weight is 315 g/mol. The third kappa shape index (κ3) is 3.76. The van der Waals surface area contributed by atoms with Crippen molar-refractivity contribution in [1.29, 1.82) is 0 Å². The number of anilines is 1. The Balaban J connectivity index is 2.26. The SMILES string of the molecule is [2H]c1c([2H])c(NC(=O)NC(=O)c2c(F)cccc2F)c([2H])c([2H])c1Cl. The molecule has 0 atom stereocenters. The first-order valence-corrected chi connectivity index (χ1v) is 5.85. The van der Waals surface area contributed by atoms with Gasteiger partial charge in [-0.3, -0.25) is 10.1 Å². The number of urea groups is 1. The Bertz CT molecular complexity index is 846. The largest absolute Gasteiger partial charge is 0.326 e. The number of hydrogen-bond donors (Lipinski definition) is 2. The third-order valence-corrected chi connectivity index (χ3v) is 2.44. The van der Waals surface area contributed by atoms with Crippen LogP contribution in [0.1, 0.15) is 15.8 Å². The Morgan fingerprint density at radius 3 is 2.24 bits per heavy atom. The number of rotatable bonds is 2. The molecule has 3 amide bonds. The molecule has 7 heteroatoms. The predicted octanol–water partition coefficient (Wildman–Crippen LogP) is 3.58. The Morgan fingerprint density at radius 2 is 1.67 bits per heavy atom. The second-order valence-electron chi connectivity index (χ2n) is 3.69. The van der Waals surface area contributed by atoms with Gasteiger partial charge in [-0.05, 0) is 36.3 Å². The van der Waals surface area contributed by atoms with E-state index in [2.05, 4.69) is 0 Å². The van der Waals surface area contributed by atoms with Crippen molar-refractivity contribution in [2.45, 2.75) is 0 Å². The minimum absolute atomic E-state index is 0.439. The van der Waals surface area contributed by atoms with Crippen molar-refractivity contribution in [2.75, 3.05) is 5.32 Å². The second kappa shape index (κ2) is 6.32. The summed E-state index contributed by atoms with van der Waals surface area (Å²) >= 11 is 5.62. The Hall–Kier alpha value is -2.47. The first-order valence-electron chi connectivity index (χ1n) is 7.47. The molecule has 0 fully saturated rings. The van der Waals surface area contributed by atoms with Crippen LogP contribution in [0, 0.1) is 11.6 Å². The summed E-state index contributed by atoms with van der Waals surface area (Å²) in [4.78, 5) is 23.6. The molecule has 2 aromatic rings. The quantitative estimate of drug-likeness (QED) is 0.890. The first kappa shape index (κ1) is 10.3. The van der Waals surface area contributed by atoms with Crippen molar-refractivity contribution in [3.63, 3.8) is 0 Å². The highest BCUT2D eigenvalue weighted by Gasteiger charge is 2.19. The monoisotopic (exact) mass is 314 g/mol. The Kier molecular flexibility index (Phi) is 3.10. The average Bonchev–Trinajstić information content (AvgIpc) is 2.55. The summed E-state index contributed by atoms with van der Waals surface area (Å²) in [6.45, 7) is 0. The second-order valence-corrected chi connectivity index (χ2v) is 4.07. The van der Waals surface area contributed by atoms with E-state index >= 15 is 0 Å². The van der Waals surface area contributed by atoms with Gasteiger partial charge in [-0.15, -0.1) is 0 Å². The molecule has 0 aromatic heterocycles. The minimum Gasteiger partial charge on any atom is -0.308 e. The van der Waals surface area contributed by atoms with E-state index in [9.17, 15) is 18.4 Å². The van der Waals surface area contributed by atoms with Crippen LogP contribution in [0.25, 0.3) is 0 Å². The van der Waals surface area contributed by atoms with Gasteiger partial charge in [0.15, 0.2) is 0 Å². The van der Waals surface area contributed by atoms with Crippen molar-refractivity contribution in [3.05, 3.63) is 64.6 Å². The summed E-state index contributed by atoms with van der Waals surface area (Å²) in [5, 5.41) is 3.14. The summed E-state index contributed by atoms with van der Waals surface area (Å²) in [6, 6.07) is -1.07. The Morgan fingerprint density at radius 1 is 1.10 bits per heavy atom. The van der Waals surface area contributed by atoms with E-state index in [1.165, 1.54) is 0 Å². The zero-order valence-corrected chi connectivity index (χ0v) is 10.9. The summed E-state index contributed by atoms with van der Waals surface area (Å²) < 4.78 is 57.4. The lowest BCUT2D eigenvalue weighted by molar-refractivity contribution is 0.0959. The van der Waals surface area contributed by atoms with E-state index in [1.807, 2.05) is 5.32 Å². The van der Waals surface area contributed by atoms with E-state index in [4.69, 9.17) is 17.1 Å². The van der Waals surface area contributed by atoms with Crippen molar-refractivity contribution in [3.8, 4) is 0 Å². The molecule has 0 saturated carbocycles. The smallest absolute Gasteiger partial charge is 0.308 e. The van der Waals surface area contributed by atoms with Gasteiger partial charge in [-0.25, -0.2) is 13.6 Å². The van der Waals surface area contributed by atoms with E-state index < -0.39 is 64.0 Å². The van der Waals surface area contributed by atoms with E-state index in [0.29, 0.717) is 0 Å². The van der Waals surface area contributed by atoms with Gasteiger partial charge in [-0.2, -0.15) is 0 Å². The molecule has 4 nitrogen and oxygen atoms in total. The molecule has 0 aliphatic rings. The first-order chi connectivity index (χ1) is 11.6. The van der Waals surface area contributed by atoms with Gasteiger partial charge in [0.1, 0.15) is 17.2 Å². The zero-order chi connectivity index (χ0) is 18.9. The fourth-order valence-electron chi connectivity index (χ4n) is 1.38. The van der Waals surface area contributed by atoms with Gasteiger partial charge in [0, 0.05) is 10.7 Å². The normalized spacial score (nSPS) is 12.7. The molecule has 108 valence electrons. The molecule has 0 unspecified atom stereocenters. The zero-order valence-electron chi connectivity index (χ0n) is 14.2. The number of halogens is 3. The van der Waals surface area contributed by atoms with E-state index in [-0.39, 0.29) is 0 Å². The van der Waals surface area contributed by atoms with Crippen molar-refractivity contribution in [1.82, 2.24) is 5.32 Å². The van der Waals surface area contributed by atoms with Crippen molar-refractivity contribution < 1.29 is 23.9 Å². The van der Waals surface area contributed by atoms with Crippen LogP contribution in [-0.2, 0) is 0 Å². The number of nitrogens with one attached hydrogen (secondary N) is 2. The number of amides is 3. The van der Waals surface area contributed by atoms with Gasteiger partial charge in [0.25, 0.3) is 5.91 Å². The number of hydrogen-bond acceptors (Lipinski definition) is 2. The Labute approximate surface area is 129 Å². The molecular weight excluding hydrogens is 302 g/mol. The van der Waals surface area contributed by atoms with Crippen LogP contribution in [0.5, 0.6) is 0 Å². The van der Waals surface area contributed by atoms with Crippen LogP contribution < -0.4 is 10.6 Å². The molecule has 0 heterocycles. The van der Waals surface area contributed by atoms with Crippen LogP contribution in [0.3, 0.4) is 0 Å². The fraction of sp³-hybridized carbons (Fsp3) is 0. The molecule has 2 N–H and O–H groups in total. The summed E-state index contributed by atoms with van der Waals surface area (Å²) in [6.07, 6.45) is 0. The number of imide groups is 1. The summed E-state index contributed by atoms with van der Waals surface area (Å²) in [5.74, 6) is -3.74. The molecule has 0 bridgehead atoms. The molecule has 0 aliphatic heterocycles. The van der Waals surface area contributed by atoms with Crippen LogP contribution in [-0.4, -0.2) is 11.9 Å². The maximum absolute atomic E-state index is 13.5. The predicted molar refractivity (Wildman–Crippen MR) is 74.3 cm³/mol. The maximum Gasteiger partial charge on any atom is 0.326 e. The highest BCUT2D eigenvalue weighted by atomic mass is 35.5. The van der Waals surface area contributed by atoms with Crippen LogP contribution >= 0.6 is 11.6 Å². The van der Waals surface area contributed by atoms with E-state index in [0.717, 1.165) is 18.2 Å². The topological polar surface area (TPSA) is 58.2 Å². The van der Waals surface area contributed by atoms with Crippen LogP contribution in [0.2, 0.25) is 5.02 Å². The number of benzene rings is 2. The highest BCUT2D eigenvalue weighted by molar-refractivity contribution is 6.30. The molecular formula is C14H9ClF2N2O2. The third-order valence-electron chi connectivity index (χ3n) is 2.25. The lowest BCUT2D eigenvalue weighted by atomic mass is 10.2. The van der Waals surface area contributed by atoms with Gasteiger partial charge in [0.2, 0.25) is 0 Å². The minimum atomic E-state index is -1.38. The van der Waals surface area contributed by atoms with Crippen molar-refractivity contribution in [2.24, 2.45) is 0 Å². The number of carbonyl (C=O) groups is 2. The molecule has 2 rings (SSSR count). The molecule has 2 aromatic carbocycles. The molecule has 21 heavy (non-hydrogen) atoms. The fourth-order valence-corrected chi connectivity index (χ4v) is 1.48. The molecule has 0 spiro atoms.